The third-order valence-electron chi connectivity index (χ3n) is 5.23. The van der Waals surface area contributed by atoms with Gasteiger partial charge in [-0.05, 0) is 48.0 Å². The molecule has 0 atom stereocenters. The van der Waals surface area contributed by atoms with Gasteiger partial charge in [0, 0.05) is 23.0 Å². The van der Waals surface area contributed by atoms with Crippen LogP contribution < -0.4 is 9.47 Å². The number of halogens is 1. The Bertz CT molecular complexity index is 1350. The maximum atomic E-state index is 6.28. The first kappa shape index (κ1) is 19.4. The minimum atomic E-state index is 0.505. The van der Waals surface area contributed by atoms with Crippen molar-refractivity contribution in [1.29, 1.82) is 0 Å². The van der Waals surface area contributed by atoms with E-state index in [1.807, 2.05) is 83.7 Å². The van der Waals surface area contributed by atoms with Gasteiger partial charge in [0.05, 0.1) is 30.3 Å². The smallest absolute Gasteiger partial charge is 0.226 e. The molecule has 0 saturated heterocycles. The van der Waals surface area contributed by atoms with Crippen LogP contribution in [0.15, 0.2) is 79.0 Å². The van der Waals surface area contributed by atoms with Gasteiger partial charge in [-0.3, -0.25) is 4.98 Å². The number of aromatic nitrogens is 3. The van der Waals surface area contributed by atoms with Gasteiger partial charge in [0.15, 0.2) is 0 Å². The van der Waals surface area contributed by atoms with Crippen LogP contribution in [0.3, 0.4) is 0 Å². The van der Waals surface area contributed by atoms with Gasteiger partial charge in [0.2, 0.25) is 5.88 Å². The molecule has 0 radical (unpaired) electrons. The lowest BCUT2D eigenvalue weighted by molar-refractivity contribution is 0.303. The fourth-order valence-electron chi connectivity index (χ4n) is 3.60. The molecule has 3 aromatic carbocycles. The highest BCUT2D eigenvalue weighted by atomic mass is 35.5. The lowest BCUT2D eigenvalue weighted by atomic mass is 10.1. The van der Waals surface area contributed by atoms with Crippen molar-refractivity contribution in [3.63, 3.8) is 0 Å². The molecule has 0 saturated carbocycles. The van der Waals surface area contributed by atoms with Crippen LogP contribution in [0.5, 0.6) is 11.6 Å². The quantitative estimate of drug-likeness (QED) is 0.339. The second-order valence-electron chi connectivity index (χ2n) is 7.18. The summed E-state index contributed by atoms with van der Waals surface area (Å²) in [7, 11) is 1.65. The Balaban J connectivity index is 1.56. The fourth-order valence-corrected chi connectivity index (χ4v) is 3.73. The van der Waals surface area contributed by atoms with E-state index in [2.05, 4.69) is 4.98 Å². The van der Waals surface area contributed by atoms with E-state index < -0.39 is 0 Å². The van der Waals surface area contributed by atoms with Gasteiger partial charge in [-0.2, -0.15) is 9.78 Å². The molecule has 0 aliphatic heterocycles. The third-order valence-corrected chi connectivity index (χ3v) is 5.48. The molecule has 0 unspecified atom stereocenters. The molecular formula is C25H20ClN3O2. The number of rotatable bonds is 6. The number of para-hydroxylation sites is 1. The first-order chi connectivity index (χ1) is 15.2. The predicted molar refractivity (Wildman–Crippen MR) is 124 cm³/mol. The number of hydrogen-bond donors (Lipinski definition) is 0. The molecule has 6 heteroatoms. The van der Waals surface area contributed by atoms with Crippen LogP contribution in [0.25, 0.3) is 27.5 Å². The molecule has 0 aliphatic rings. The van der Waals surface area contributed by atoms with Crippen LogP contribution in [-0.4, -0.2) is 28.5 Å². The summed E-state index contributed by atoms with van der Waals surface area (Å²) in [5.41, 5.74) is 3.82. The van der Waals surface area contributed by atoms with Gasteiger partial charge < -0.3 is 9.47 Å². The van der Waals surface area contributed by atoms with Crippen LogP contribution in [0, 0.1) is 0 Å². The van der Waals surface area contributed by atoms with Crippen molar-refractivity contribution in [3.8, 4) is 17.3 Å². The van der Waals surface area contributed by atoms with E-state index in [9.17, 15) is 0 Å². The van der Waals surface area contributed by atoms with Crippen molar-refractivity contribution in [2.45, 2.75) is 6.42 Å². The van der Waals surface area contributed by atoms with E-state index in [1.165, 1.54) is 0 Å². The van der Waals surface area contributed by atoms with E-state index in [0.29, 0.717) is 12.5 Å². The summed E-state index contributed by atoms with van der Waals surface area (Å²) in [5, 5.41) is 7.50. The fraction of sp³-hybridized carbons (Fsp3) is 0.120. The number of methoxy groups -OCH3 is 1. The normalized spacial score (nSPS) is 11.2. The molecule has 0 bridgehead atoms. The number of nitrogens with zero attached hydrogens (tertiary/aromatic N) is 3. The summed E-state index contributed by atoms with van der Waals surface area (Å²) in [6.45, 7) is 0.505. The second kappa shape index (κ2) is 8.28. The molecule has 0 N–H and O–H groups in total. The maximum Gasteiger partial charge on any atom is 0.226 e. The molecule has 2 heterocycles. The maximum absolute atomic E-state index is 6.28. The predicted octanol–water partition coefficient (Wildman–Crippen LogP) is 5.86. The summed E-state index contributed by atoms with van der Waals surface area (Å²) in [6.07, 6.45) is 2.59. The number of fused-ring (bicyclic) bond motifs is 3. The molecule has 154 valence electrons. The zero-order valence-corrected chi connectivity index (χ0v) is 17.7. The highest BCUT2D eigenvalue weighted by Gasteiger charge is 2.17. The van der Waals surface area contributed by atoms with Crippen molar-refractivity contribution in [2.24, 2.45) is 0 Å². The Morgan fingerprint density at radius 1 is 0.903 bits per heavy atom. The second-order valence-corrected chi connectivity index (χ2v) is 7.61. The van der Waals surface area contributed by atoms with Gasteiger partial charge in [-0.25, -0.2) is 0 Å². The standard InChI is InChI=1S/C25H20ClN3O2/c1-30-20-12-10-19(11-13-20)29-25(31-15-14-17-6-8-18(26)9-7-17)22-16-27-23-5-3-2-4-21(23)24(22)28-29/h2-13,16H,14-15H2,1H3. The average molecular weight is 430 g/mol. The van der Waals surface area contributed by atoms with Crippen LogP contribution >= 0.6 is 11.6 Å². The summed E-state index contributed by atoms with van der Waals surface area (Å²) in [4.78, 5) is 4.61. The van der Waals surface area contributed by atoms with Crippen molar-refractivity contribution in [2.75, 3.05) is 13.7 Å². The van der Waals surface area contributed by atoms with Crippen molar-refractivity contribution in [1.82, 2.24) is 14.8 Å². The van der Waals surface area contributed by atoms with Crippen molar-refractivity contribution < 1.29 is 9.47 Å². The monoisotopic (exact) mass is 429 g/mol. The molecule has 0 fully saturated rings. The van der Waals surface area contributed by atoms with Crippen molar-refractivity contribution in [3.05, 3.63) is 89.6 Å². The number of pyridine rings is 1. The third kappa shape index (κ3) is 3.80. The van der Waals surface area contributed by atoms with E-state index >= 15 is 0 Å². The number of ether oxygens (including phenoxy) is 2. The van der Waals surface area contributed by atoms with Crippen LogP contribution in [0.4, 0.5) is 0 Å². The van der Waals surface area contributed by atoms with E-state index in [4.69, 9.17) is 26.2 Å². The minimum Gasteiger partial charge on any atom is -0.497 e. The summed E-state index contributed by atoms with van der Waals surface area (Å²) in [5.74, 6) is 1.46. The van der Waals surface area contributed by atoms with Gasteiger partial charge in [-0.1, -0.05) is 41.9 Å². The number of benzene rings is 3. The Hall–Kier alpha value is -3.57. The van der Waals surface area contributed by atoms with Crippen molar-refractivity contribution >= 4 is 33.4 Å². The largest absolute Gasteiger partial charge is 0.497 e. The lowest BCUT2D eigenvalue weighted by Gasteiger charge is -2.10. The summed E-state index contributed by atoms with van der Waals surface area (Å²) >= 11 is 5.99. The molecule has 0 amide bonds. The van der Waals surface area contributed by atoms with E-state index in [-0.39, 0.29) is 0 Å². The highest BCUT2D eigenvalue weighted by molar-refractivity contribution is 6.30. The Labute approximate surface area is 184 Å². The summed E-state index contributed by atoms with van der Waals surface area (Å²) in [6, 6.07) is 23.6. The van der Waals surface area contributed by atoms with Crippen LogP contribution in [0.2, 0.25) is 5.02 Å². The Kier molecular flexibility index (Phi) is 5.18. The molecule has 0 aliphatic carbocycles. The topological polar surface area (TPSA) is 49.2 Å². The molecule has 5 aromatic rings. The van der Waals surface area contributed by atoms with E-state index in [0.717, 1.165) is 50.2 Å². The molecule has 5 nitrogen and oxygen atoms in total. The average Bonchev–Trinajstić information content (AvgIpc) is 3.19. The highest BCUT2D eigenvalue weighted by Crippen LogP contribution is 2.33. The number of hydrogen-bond acceptors (Lipinski definition) is 4. The lowest BCUT2D eigenvalue weighted by Crippen LogP contribution is -2.06. The molecule has 5 rings (SSSR count). The first-order valence-electron chi connectivity index (χ1n) is 10.0. The SMILES string of the molecule is COc1ccc(-n2nc3c(cnc4ccccc43)c2OCCc2ccc(Cl)cc2)cc1. The summed E-state index contributed by atoms with van der Waals surface area (Å²) < 4.78 is 13.4. The zero-order valence-electron chi connectivity index (χ0n) is 17.0. The Morgan fingerprint density at radius 3 is 2.45 bits per heavy atom. The van der Waals surface area contributed by atoms with Crippen LogP contribution in [-0.2, 0) is 6.42 Å². The van der Waals surface area contributed by atoms with Gasteiger partial charge in [0.1, 0.15) is 11.3 Å². The first-order valence-corrected chi connectivity index (χ1v) is 10.4. The molecule has 0 spiro atoms. The molecule has 2 aromatic heterocycles. The minimum absolute atomic E-state index is 0.505. The van der Waals surface area contributed by atoms with Crippen LogP contribution in [0.1, 0.15) is 5.56 Å². The Morgan fingerprint density at radius 2 is 1.68 bits per heavy atom. The van der Waals surface area contributed by atoms with Gasteiger partial charge in [-0.15, -0.1) is 0 Å². The van der Waals surface area contributed by atoms with E-state index in [1.54, 1.807) is 7.11 Å². The zero-order chi connectivity index (χ0) is 21.2. The van der Waals surface area contributed by atoms with Gasteiger partial charge >= 0.3 is 0 Å². The van der Waals surface area contributed by atoms with Gasteiger partial charge in [0.25, 0.3) is 0 Å². The molecule has 31 heavy (non-hydrogen) atoms. The molecular weight excluding hydrogens is 410 g/mol.